The van der Waals surface area contributed by atoms with Gasteiger partial charge in [0, 0.05) is 35.9 Å². The molecule has 1 aromatic carbocycles. The minimum Gasteiger partial charge on any atom is -0.479 e. The summed E-state index contributed by atoms with van der Waals surface area (Å²) in [5.41, 5.74) is 1.09. The Morgan fingerprint density at radius 2 is 2.35 bits per heavy atom. The number of rotatable bonds is 7. The van der Waals surface area contributed by atoms with Crippen LogP contribution in [-0.2, 0) is 17.3 Å². The fourth-order valence-electron chi connectivity index (χ4n) is 1.31. The summed E-state index contributed by atoms with van der Waals surface area (Å²) in [6.07, 6.45) is 1.69. The topological polar surface area (TPSA) is 62.1 Å². The maximum absolute atomic E-state index is 10.8. The van der Waals surface area contributed by atoms with Gasteiger partial charge in [-0.25, -0.2) is 0 Å². The van der Waals surface area contributed by atoms with Gasteiger partial charge in [-0.05, 0) is 17.7 Å². The van der Waals surface area contributed by atoms with Crippen molar-refractivity contribution in [3.05, 3.63) is 29.8 Å². The zero-order valence-electron chi connectivity index (χ0n) is 9.81. The predicted molar refractivity (Wildman–Crippen MR) is 68.2 cm³/mol. The number of hydrogen-bond donors (Lipinski definition) is 1. The zero-order chi connectivity index (χ0) is 12.5. The first-order chi connectivity index (χ1) is 8.22. The molecule has 17 heavy (non-hydrogen) atoms. The van der Waals surface area contributed by atoms with Crippen LogP contribution in [-0.4, -0.2) is 29.4 Å². The summed E-state index contributed by atoms with van der Waals surface area (Å²) in [5.74, 6) is 1.36. The van der Waals surface area contributed by atoms with Crippen LogP contribution in [0.25, 0.3) is 0 Å². The summed E-state index contributed by atoms with van der Waals surface area (Å²) in [4.78, 5) is 0. The van der Waals surface area contributed by atoms with Gasteiger partial charge in [0.25, 0.3) is 0 Å². The van der Waals surface area contributed by atoms with E-state index >= 15 is 0 Å². The maximum Gasteiger partial charge on any atom is 0.174 e. The summed E-state index contributed by atoms with van der Waals surface area (Å²) in [7, 11) is -0.755. The third-order valence-electron chi connectivity index (χ3n) is 2.10. The van der Waals surface area contributed by atoms with Gasteiger partial charge in [-0.15, -0.1) is 0 Å². The van der Waals surface area contributed by atoms with Crippen molar-refractivity contribution in [1.82, 2.24) is 5.32 Å². The van der Waals surface area contributed by atoms with Crippen molar-refractivity contribution in [1.29, 1.82) is 5.26 Å². The Kier molecular flexibility index (Phi) is 6.30. The molecule has 0 amide bonds. The summed E-state index contributed by atoms with van der Waals surface area (Å²) in [6, 6.07) is 9.52. The molecule has 0 bridgehead atoms. The standard InChI is InChI=1S/C12H16N2O2S/c1-17(15)8-6-14-10-11-3-2-4-12(9-11)16-7-5-13/h2-4,9,14H,6-8,10H2,1H3. The molecule has 0 heterocycles. The van der Waals surface area contributed by atoms with E-state index in [4.69, 9.17) is 10.00 Å². The molecule has 0 spiro atoms. The van der Waals surface area contributed by atoms with E-state index in [0.717, 1.165) is 12.1 Å². The largest absolute Gasteiger partial charge is 0.479 e. The molecule has 0 saturated carbocycles. The summed E-state index contributed by atoms with van der Waals surface area (Å²) >= 11 is 0. The van der Waals surface area contributed by atoms with Crippen LogP contribution in [0, 0.1) is 11.3 Å². The molecule has 0 saturated heterocycles. The van der Waals surface area contributed by atoms with Gasteiger partial charge in [0.1, 0.15) is 11.8 Å². The molecule has 1 rings (SSSR count). The Hall–Kier alpha value is -1.38. The Labute approximate surface area is 104 Å². The average molecular weight is 252 g/mol. The molecule has 0 aliphatic carbocycles. The highest BCUT2D eigenvalue weighted by molar-refractivity contribution is 7.84. The van der Waals surface area contributed by atoms with Crippen molar-refractivity contribution < 1.29 is 8.95 Å². The number of ether oxygens (including phenoxy) is 1. The lowest BCUT2D eigenvalue weighted by molar-refractivity contribution is 0.367. The van der Waals surface area contributed by atoms with Crippen molar-refractivity contribution in [3.63, 3.8) is 0 Å². The normalized spacial score (nSPS) is 11.8. The minimum atomic E-state index is -0.755. The predicted octanol–water partition coefficient (Wildman–Crippen LogP) is 1.06. The van der Waals surface area contributed by atoms with E-state index in [0.29, 0.717) is 18.0 Å². The van der Waals surface area contributed by atoms with Crippen molar-refractivity contribution >= 4 is 10.8 Å². The van der Waals surface area contributed by atoms with E-state index in [1.54, 1.807) is 6.26 Å². The molecular formula is C12H16N2O2S. The highest BCUT2D eigenvalue weighted by Crippen LogP contribution is 2.12. The van der Waals surface area contributed by atoms with E-state index in [9.17, 15) is 4.21 Å². The third-order valence-corrected chi connectivity index (χ3v) is 2.88. The van der Waals surface area contributed by atoms with Gasteiger partial charge in [0.15, 0.2) is 6.61 Å². The fourth-order valence-corrected chi connectivity index (χ4v) is 1.74. The summed E-state index contributed by atoms with van der Waals surface area (Å²) < 4.78 is 16.1. The lowest BCUT2D eigenvalue weighted by Gasteiger charge is -2.06. The molecule has 1 aromatic rings. The molecule has 1 atom stereocenters. The monoisotopic (exact) mass is 252 g/mol. The van der Waals surface area contributed by atoms with Crippen LogP contribution in [0.5, 0.6) is 5.75 Å². The Balaban J connectivity index is 2.38. The SMILES string of the molecule is CS(=O)CCNCc1cccc(OCC#N)c1. The lowest BCUT2D eigenvalue weighted by Crippen LogP contribution is -2.19. The number of nitriles is 1. The first kappa shape index (κ1) is 13.7. The lowest BCUT2D eigenvalue weighted by atomic mass is 10.2. The van der Waals surface area contributed by atoms with Crippen LogP contribution in [0.3, 0.4) is 0 Å². The summed E-state index contributed by atoms with van der Waals surface area (Å²) in [6.45, 7) is 1.50. The van der Waals surface area contributed by atoms with E-state index in [1.165, 1.54) is 0 Å². The molecule has 0 aliphatic heterocycles. The molecule has 1 N–H and O–H groups in total. The molecule has 0 radical (unpaired) electrons. The highest BCUT2D eigenvalue weighted by Gasteiger charge is 1.97. The van der Waals surface area contributed by atoms with Gasteiger partial charge in [-0.1, -0.05) is 12.1 Å². The number of nitrogens with zero attached hydrogens (tertiary/aromatic N) is 1. The maximum atomic E-state index is 10.8. The van der Waals surface area contributed by atoms with E-state index < -0.39 is 10.8 Å². The smallest absolute Gasteiger partial charge is 0.174 e. The van der Waals surface area contributed by atoms with Crippen molar-refractivity contribution in [2.45, 2.75) is 6.54 Å². The number of hydrogen-bond acceptors (Lipinski definition) is 4. The molecule has 1 unspecified atom stereocenters. The van der Waals surface area contributed by atoms with Gasteiger partial charge in [-0.2, -0.15) is 5.26 Å². The average Bonchev–Trinajstić information content (AvgIpc) is 2.32. The van der Waals surface area contributed by atoms with E-state index in [2.05, 4.69) is 5.32 Å². The molecule has 0 aliphatic rings. The van der Waals surface area contributed by atoms with Crippen LogP contribution < -0.4 is 10.1 Å². The second kappa shape index (κ2) is 7.82. The number of nitrogens with one attached hydrogen (secondary N) is 1. The minimum absolute atomic E-state index is 0.0612. The third kappa shape index (κ3) is 6.05. The van der Waals surface area contributed by atoms with Crippen molar-refractivity contribution in [2.75, 3.05) is 25.2 Å². The molecule has 4 nitrogen and oxygen atoms in total. The van der Waals surface area contributed by atoms with Crippen molar-refractivity contribution in [3.8, 4) is 11.8 Å². The first-order valence-electron chi connectivity index (χ1n) is 5.32. The van der Waals surface area contributed by atoms with Gasteiger partial charge < -0.3 is 10.1 Å². The Morgan fingerprint density at radius 1 is 1.53 bits per heavy atom. The molecule has 5 heteroatoms. The second-order valence-electron chi connectivity index (χ2n) is 3.55. The van der Waals surface area contributed by atoms with Crippen LogP contribution in [0.15, 0.2) is 24.3 Å². The molecule has 0 fully saturated rings. The van der Waals surface area contributed by atoms with E-state index in [-0.39, 0.29) is 6.61 Å². The zero-order valence-corrected chi connectivity index (χ0v) is 10.6. The van der Waals surface area contributed by atoms with Crippen LogP contribution in [0.4, 0.5) is 0 Å². The summed E-state index contributed by atoms with van der Waals surface area (Å²) in [5, 5.41) is 11.6. The van der Waals surface area contributed by atoms with Crippen LogP contribution in [0.2, 0.25) is 0 Å². The molecule has 0 aromatic heterocycles. The Morgan fingerprint density at radius 3 is 3.06 bits per heavy atom. The molecular weight excluding hydrogens is 236 g/mol. The van der Waals surface area contributed by atoms with Gasteiger partial charge in [-0.3, -0.25) is 4.21 Å². The van der Waals surface area contributed by atoms with Crippen molar-refractivity contribution in [2.24, 2.45) is 0 Å². The number of benzene rings is 1. The molecule has 92 valence electrons. The van der Waals surface area contributed by atoms with Gasteiger partial charge >= 0.3 is 0 Å². The first-order valence-corrected chi connectivity index (χ1v) is 7.04. The van der Waals surface area contributed by atoms with Gasteiger partial charge in [0.05, 0.1) is 0 Å². The van der Waals surface area contributed by atoms with E-state index in [1.807, 2.05) is 30.3 Å². The highest BCUT2D eigenvalue weighted by atomic mass is 32.2. The van der Waals surface area contributed by atoms with Crippen LogP contribution >= 0.6 is 0 Å². The Bertz CT molecular complexity index is 415. The van der Waals surface area contributed by atoms with Crippen LogP contribution in [0.1, 0.15) is 5.56 Å². The quantitative estimate of drug-likeness (QED) is 0.737. The van der Waals surface area contributed by atoms with Gasteiger partial charge in [0.2, 0.25) is 0 Å². The fraction of sp³-hybridized carbons (Fsp3) is 0.417. The second-order valence-corrected chi connectivity index (χ2v) is 5.10.